The minimum atomic E-state index is -0.967. The van der Waals surface area contributed by atoms with E-state index in [0.717, 1.165) is 25.7 Å². The molecule has 0 bridgehead atoms. The highest BCUT2D eigenvalue weighted by Gasteiger charge is 2.47. The molecule has 1 aromatic rings. The molecule has 1 heterocycles. The molecule has 27 heavy (non-hydrogen) atoms. The number of nitrogens with one attached hydrogen (secondary N) is 1. The van der Waals surface area contributed by atoms with E-state index in [1.807, 2.05) is 6.07 Å². The van der Waals surface area contributed by atoms with Crippen LogP contribution in [0.1, 0.15) is 39.0 Å². The molecule has 0 radical (unpaired) electrons. The standard InChI is InChI=1S/C20H24N2O5/c1-13(18(24)21-14-7-3-2-4-8-14)27-17(23)11-12-22-19(25)15-9-5-6-10-16(15)20(22)26/h2-4,7-8,13,15-16H,5-6,9-12H2,1H3,(H,21,24)/t13-,15-,16+/m0/s1. The molecule has 1 aromatic carbocycles. The highest BCUT2D eigenvalue weighted by molar-refractivity contribution is 6.05. The van der Waals surface area contributed by atoms with Crippen molar-refractivity contribution in [3.63, 3.8) is 0 Å². The van der Waals surface area contributed by atoms with Crippen LogP contribution in [0, 0.1) is 11.8 Å². The van der Waals surface area contributed by atoms with Crippen LogP contribution >= 0.6 is 0 Å². The molecule has 0 unspecified atom stereocenters. The summed E-state index contributed by atoms with van der Waals surface area (Å²) in [6, 6.07) is 8.87. The van der Waals surface area contributed by atoms with Crippen LogP contribution in [0.25, 0.3) is 0 Å². The zero-order valence-electron chi connectivity index (χ0n) is 15.3. The number of benzene rings is 1. The first-order chi connectivity index (χ1) is 13.0. The number of carbonyl (C=O) groups excluding carboxylic acids is 4. The molecule has 1 aliphatic carbocycles. The minimum absolute atomic E-state index is 0.0104. The summed E-state index contributed by atoms with van der Waals surface area (Å²) in [7, 11) is 0. The Balaban J connectivity index is 1.47. The van der Waals surface area contributed by atoms with Crippen LogP contribution in [0.15, 0.2) is 30.3 Å². The Morgan fingerprint density at radius 3 is 2.30 bits per heavy atom. The number of likely N-dealkylation sites (tertiary alicyclic amines) is 1. The van der Waals surface area contributed by atoms with Crippen molar-refractivity contribution in [2.24, 2.45) is 11.8 Å². The number of anilines is 1. The summed E-state index contributed by atoms with van der Waals surface area (Å²) in [5, 5.41) is 2.66. The number of imide groups is 1. The number of esters is 1. The zero-order valence-corrected chi connectivity index (χ0v) is 15.3. The quantitative estimate of drug-likeness (QED) is 0.610. The van der Waals surface area contributed by atoms with Gasteiger partial charge in [0.15, 0.2) is 6.10 Å². The van der Waals surface area contributed by atoms with Crippen LogP contribution in [-0.4, -0.2) is 41.2 Å². The van der Waals surface area contributed by atoms with Gasteiger partial charge < -0.3 is 10.1 Å². The number of ether oxygens (including phenoxy) is 1. The van der Waals surface area contributed by atoms with E-state index in [1.54, 1.807) is 24.3 Å². The van der Waals surface area contributed by atoms with Crippen LogP contribution in [0.3, 0.4) is 0 Å². The Bertz CT molecular complexity index is 709. The topological polar surface area (TPSA) is 92.8 Å². The molecule has 0 aromatic heterocycles. The molecule has 2 aliphatic rings. The average molecular weight is 372 g/mol. The van der Waals surface area contributed by atoms with Gasteiger partial charge in [-0.25, -0.2) is 0 Å². The van der Waals surface area contributed by atoms with E-state index < -0.39 is 18.0 Å². The highest BCUT2D eigenvalue weighted by atomic mass is 16.5. The largest absolute Gasteiger partial charge is 0.452 e. The number of hydrogen-bond acceptors (Lipinski definition) is 5. The first-order valence-corrected chi connectivity index (χ1v) is 9.38. The van der Waals surface area contributed by atoms with Crippen molar-refractivity contribution in [2.75, 3.05) is 11.9 Å². The fourth-order valence-electron chi connectivity index (χ4n) is 3.73. The predicted octanol–water partition coefficient (Wildman–Crippen LogP) is 2.12. The Kier molecular flexibility index (Phi) is 5.88. The monoisotopic (exact) mass is 372 g/mol. The highest BCUT2D eigenvalue weighted by Crippen LogP contribution is 2.37. The Labute approximate surface area is 158 Å². The second kappa shape index (κ2) is 8.33. The van der Waals surface area contributed by atoms with Gasteiger partial charge in [-0.05, 0) is 31.9 Å². The molecule has 2 fully saturated rings. The van der Waals surface area contributed by atoms with Crippen LogP contribution in [0.2, 0.25) is 0 Å². The van der Waals surface area contributed by atoms with Crippen LogP contribution in [0.4, 0.5) is 5.69 Å². The van der Waals surface area contributed by atoms with Gasteiger partial charge in [0.1, 0.15) is 0 Å². The van der Waals surface area contributed by atoms with Crippen molar-refractivity contribution < 1.29 is 23.9 Å². The molecule has 7 heteroatoms. The Morgan fingerprint density at radius 2 is 1.70 bits per heavy atom. The molecule has 3 amide bonds. The summed E-state index contributed by atoms with van der Waals surface area (Å²) in [6.07, 6.45) is 2.33. The maximum Gasteiger partial charge on any atom is 0.308 e. The number of para-hydroxylation sites is 1. The van der Waals surface area contributed by atoms with Crippen molar-refractivity contribution in [1.82, 2.24) is 4.90 Å². The fourth-order valence-corrected chi connectivity index (χ4v) is 3.73. The van der Waals surface area contributed by atoms with E-state index in [2.05, 4.69) is 5.32 Å². The third kappa shape index (κ3) is 4.35. The summed E-state index contributed by atoms with van der Waals surface area (Å²) in [4.78, 5) is 50.1. The lowest BCUT2D eigenvalue weighted by Crippen LogP contribution is -2.35. The molecule has 1 aliphatic heterocycles. The maximum atomic E-state index is 12.4. The van der Waals surface area contributed by atoms with Gasteiger partial charge in [0.25, 0.3) is 5.91 Å². The molecule has 3 atom stereocenters. The van der Waals surface area contributed by atoms with Crippen LogP contribution in [0.5, 0.6) is 0 Å². The van der Waals surface area contributed by atoms with Gasteiger partial charge in [0.05, 0.1) is 18.3 Å². The second-order valence-corrected chi connectivity index (χ2v) is 7.06. The average Bonchev–Trinajstić information content (AvgIpc) is 2.91. The van der Waals surface area contributed by atoms with Gasteiger partial charge in [-0.1, -0.05) is 31.0 Å². The predicted molar refractivity (Wildman–Crippen MR) is 97.4 cm³/mol. The smallest absolute Gasteiger partial charge is 0.308 e. The lowest BCUT2D eigenvalue weighted by atomic mass is 9.81. The van der Waals surface area contributed by atoms with Gasteiger partial charge in [-0.15, -0.1) is 0 Å². The molecule has 1 saturated heterocycles. The van der Waals surface area contributed by atoms with E-state index in [4.69, 9.17) is 4.74 Å². The Morgan fingerprint density at radius 1 is 1.11 bits per heavy atom. The van der Waals surface area contributed by atoms with E-state index in [9.17, 15) is 19.2 Å². The molecule has 0 spiro atoms. The number of amides is 3. The van der Waals surface area contributed by atoms with Crippen molar-refractivity contribution in [3.05, 3.63) is 30.3 Å². The summed E-state index contributed by atoms with van der Waals surface area (Å²) >= 11 is 0. The van der Waals surface area contributed by atoms with Crippen LogP contribution in [-0.2, 0) is 23.9 Å². The molecule has 1 saturated carbocycles. The third-order valence-corrected chi connectivity index (χ3v) is 5.19. The van der Waals surface area contributed by atoms with Gasteiger partial charge >= 0.3 is 5.97 Å². The molecule has 1 N–H and O–H groups in total. The van der Waals surface area contributed by atoms with Gasteiger partial charge in [-0.2, -0.15) is 0 Å². The normalized spacial score (nSPS) is 22.9. The van der Waals surface area contributed by atoms with Gasteiger partial charge in [0.2, 0.25) is 11.8 Å². The van der Waals surface area contributed by atoms with Crippen molar-refractivity contribution in [1.29, 1.82) is 0 Å². The fraction of sp³-hybridized carbons (Fsp3) is 0.500. The zero-order chi connectivity index (χ0) is 19.4. The van der Waals surface area contributed by atoms with E-state index in [0.29, 0.717) is 5.69 Å². The summed E-state index contributed by atoms with van der Waals surface area (Å²) in [5.41, 5.74) is 0.612. The van der Waals surface area contributed by atoms with Crippen molar-refractivity contribution in [3.8, 4) is 0 Å². The minimum Gasteiger partial charge on any atom is -0.452 e. The number of nitrogens with zero attached hydrogens (tertiary/aromatic N) is 1. The van der Waals surface area contributed by atoms with Gasteiger partial charge in [-0.3, -0.25) is 24.1 Å². The van der Waals surface area contributed by atoms with E-state index in [-0.39, 0.29) is 36.6 Å². The van der Waals surface area contributed by atoms with Crippen molar-refractivity contribution >= 4 is 29.4 Å². The lowest BCUT2D eigenvalue weighted by Gasteiger charge is -2.19. The summed E-state index contributed by atoms with van der Waals surface area (Å²) in [6.45, 7) is 1.49. The molecule has 144 valence electrons. The summed E-state index contributed by atoms with van der Waals surface area (Å²) < 4.78 is 5.13. The first kappa shape index (κ1) is 19.1. The number of fused-ring (bicyclic) bond motifs is 1. The first-order valence-electron chi connectivity index (χ1n) is 9.38. The van der Waals surface area contributed by atoms with E-state index >= 15 is 0 Å². The second-order valence-electron chi connectivity index (χ2n) is 7.06. The van der Waals surface area contributed by atoms with Gasteiger partial charge in [0, 0.05) is 12.2 Å². The number of hydrogen-bond donors (Lipinski definition) is 1. The SMILES string of the molecule is C[C@H](OC(=O)CCN1C(=O)[C@H]2CCCC[C@H]2C1=O)C(=O)Nc1ccccc1. The third-order valence-electron chi connectivity index (χ3n) is 5.19. The molecular weight excluding hydrogens is 348 g/mol. The number of rotatable bonds is 6. The maximum absolute atomic E-state index is 12.4. The van der Waals surface area contributed by atoms with E-state index in [1.165, 1.54) is 11.8 Å². The molecular formula is C20H24N2O5. The summed E-state index contributed by atoms with van der Waals surface area (Å²) in [5.74, 6) is -1.84. The molecule has 7 nitrogen and oxygen atoms in total. The number of carbonyl (C=O) groups is 4. The van der Waals surface area contributed by atoms with Crippen LogP contribution < -0.4 is 5.32 Å². The van der Waals surface area contributed by atoms with Crippen molar-refractivity contribution in [2.45, 2.75) is 45.1 Å². The lowest BCUT2D eigenvalue weighted by molar-refractivity contribution is -0.154. The molecule has 3 rings (SSSR count). The Hall–Kier alpha value is -2.70.